The SMILES string of the molecule is CCN(C(=O)c1ccc(NCC(=O)Nc2cccc(C(=O)NCCOC)c2)cc1)c1ccccc1. The first-order valence-corrected chi connectivity index (χ1v) is 11.4. The summed E-state index contributed by atoms with van der Waals surface area (Å²) in [6.07, 6.45) is 0. The summed E-state index contributed by atoms with van der Waals surface area (Å²) in [5, 5.41) is 8.57. The quantitative estimate of drug-likeness (QED) is 0.367. The van der Waals surface area contributed by atoms with E-state index in [1.54, 1.807) is 60.5 Å². The van der Waals surface area contributed by atoms with Gasteiger partial charge >= 0.3 is 0 Å². The molecule has 3 amide bonds. The minimum absolute atomic E-state index is 0.0304. The van der Waals surface area contributed by atoms with Crippen molar-refractivity contribution in [1.82, 2.24) is 5.32 Å². The normalized spacial score (nSPS) is 10.3. The summed E-state index contributed by atoms with van der Waals surface area (Å²) in [5.74, 6) is -0.586. The van der Waals surface area contributed by atoms with E-state index in [9.17, 15) is 14.4 Å². The summed E-state index contributed by atoms with van der Waals surface area (Å²) >= 11 is 0. The van der Waals surface area contributed by atoms with Gasteiger partial charge in [-0.15, -0.1) is 0 Å². The number of amides is 3. The van der Waals surface area contributed by atoms with Crippen molar-refractivity contribution in [2.24, 2.45) is 0 Å². The standard InChI is InChI=1S/C27H30N4O4/c1-3-31(24-10-5-4-6-11-24)27(34)20-12-14-22(15-13-20)29-19-25(32)30-23-9-7-8-21(18-23)26(33)28-16-17-35-2/h4-15,18,29H,3,16-17,19H2,1-2H3,(H,28,33)(H,30,32). The van der Waals surface area contributed by atoms with Crippen LogP contribution in [0, 0.1) is 0 Å². The zero-order valence-electron chi connectivity index (χ0n) is 19.9. The molecular formula is C27H30N4O4. The molecule has 0 radical (unpaired) electrons. The molecule has 0 unspecified atom stereocenters. The Hall–Kier alpha value is -4.17. The summed E-state index contributed by atoms with van der Waals surface area (Å²) < 4.78 is 4.92. The lowest BCUT2D eigenvalue weighted by Crippen LogP contribution is -2.30. The number of nitrogens with zero attached hydrogens (tertiary/aromatic N) is 1. The van der Waals surface area contributed by atoms with Crippen LogP contribution in [-0.4, -0.2) is 51.1 Å². The van der Waals surface area contributed by atoms with Gasteiger partial charge in [0.2, 0.25) is 5.91 Å². The van der Waals surface area contributed by atoms with Crippen LogP contribution in [0.25, 0.3) is 0 Å². The molecule has 3 N–H and O–H groups in total. The molecule has 0 aliphatic rings. The van der Waals surface area contributed by atoms with Gasteiger partial charge in [-0.1, -0.05) is 24.3 Å². The van der Waals surface area contributed by atoms with Crippen molar-refractivity contribution in [2.75, 3.05) is 48.9 Å². The van der Waals surface area contributed by atoms with E-state index in [-0.39, 0.29) is 24.3 Å². The molecule has 0 heterocycles. The lowest BCUT2D eigenvalue weighted by molar-refractivity contribution is -0.114. The third kappa shape index (κ3) is 7.41. The zero-order valence-corrected chi connectivity index (χ0v) is 19.9. The van der Waals surface area contributed by atoms with Crippen molar-refractivity contribution in [3.63, 3.8) is 0 Å². The Balaban J connectivity index is 1.53. The molecule has 35 heavy (non-hydrogen) atoms. The molecule has 3 rings (SSSR count). The second kappa shape index (κ2) is 12.9. The molecule has 8 nitrogen and oxygen atoms in total. The minimum Gasteiger partial charge on any atom is -0.383 e. The number of benzene rings is 3. The number of ether oxygens (including phenoxy) is 1. The van der Waals surface area contributed by atoms with Crippen LogP contribution in [0.15, 0.2) is 78.9 Å². The van der Waals surface area contributed by atoms with Gasteiger partial charge in [0.1, 0.15) is 0 Å². The Bertz CT molecular complexity index is 1130. The van der Waals surface area contributed by atoms with Gasteiger partial charge in [0.05, 0.1) is 13.2 Å². The van der Waals surface area contributed by atoms with Gasteiger partial charge in [0.25, 0.3) is 11.8 Å². The van der Waals surface area contributed by atoms with Crippen molar-refractivity contribution in [1.29, 1.82) is 0 Å². The van der Waals surface area contributed by atoms with Gasteiger partial charge in [-0.3, -0.25) is 14.4 Å². The van der Waals surface area contributed by atoms with E-state index in [2.05, 4.69) is 16.0 Å². The van der Waals surface area contributed by atoms with Crippen LogP contribution in [0.5, 0.6) is 0 Å². The highest BCUT2D eigenvalue weighted by Crippen LogP contribution is 2.18. The zero-order chi connectivity index (χ0) is 25.0. The van der Waals surface area contributed by atoms with Crippen LogP contribution in [0.1, 0.15) is 27.6 Å². The second-order valence-corrected chi connectivity index (χ2v) is 7.69. The van der Waals surface area contributed by atoms with E-state index in [4.69, 9.17) is 4.74 Å². The number of anilines is 3. The Labute approximate surface area is 205 Å². The fourth-order valence-corrected chi connectivity index (χ4v) is 3.43. The summed E-state index contributed by atoms with van der Waals surface area (Å²) in [7, 11) is 1.57. The number of hydrogen-bond donors (Lipinski definition) is 3. The molecule has 0 aliphatic carbocycles. The van der Waals surface area contributed by atoms with E-state index >= 15 is 0 Å². The van der Waals surface area contributed by atoms with Crippen molar-refractivity contribution >= 4 is 34.8 Å². The van der Waals surface area contributed by atoms with Crippen LogP contribution in [-0.2, 0) is 9.53 Å². The number of para-hydroxylation sites is 1. The molecule has 0 aromatic heterocycles. The lowest BCUT2D eigenvalue weighted by Gasteiger charge is -2.21. The van der Waals surface area contributed by atoms with Crippen LogP contribution in [0.4, 0.5) is 17.1 Å². The minimum atomic E-state index is -0.261. The molecule has 0 aliphatic heterocycles. The average Bonchev–Trinajstić information content (AvgIpc) is 2.89. The highest BCUT2D eigenvalue weighted by Gasteiger charge is 2.16. The number of nitrogens with one attached hydrogen (secondary N) is 3. The predicted molar refractivity (Wildman–Crippen MR) is 138 cm³/mol. The van der Waals surface area contributed by atoms with E-state index in [0.717, 1.165) is 5.69 Å². The third-order valence-electron chi connectivity index (χ3n) is 5.21. The molecule has 8 heteroatoms. The smallest absolute Gasteiger partial charge is 0.258 e. The fraction of sp³-hybridized carbons (Fsp3) is 0.222. The van der Waals surface area contributed by atoms with Crippen molar-refractivity contribution in [3.05, 3.63) is 90.0 Å². The third-order valence-corrected chi connectivity index (χ3v) is 5.21. The summed E-state index contributed by atoms with van der Waals surface area (Å²) in [4.78, 5) is 39.2. The van der Waals surface area contributed by atoms with Crippen LogP contribution in [0.2, 0.25) is 0 Å². The maximum absolute atomic E-state index is 12.9. The van der Waals surface area contributed by atoms with Crippen LogP contribution < -0.4 is 20.9 Å². The molecule has 0 saturated heterocycles. The first-order chi connectivity index (χ1) is 17.0. The number of carbonyl (C=O) groups excluding carboxylic acids is 3. The lowest BCUT2D eigenvalue weighted by atomic mass is 10.1. The van der Waals surface area contributed by atoms with Gasteiger partial charge < -0.3 is 25.6 Å². The maximum atomic E-state index is 12.9. The number of carbonyl (C=O) groups is 3. The van der Waals surface area contributed by atoms with Crippen molar-refractivity contribution in [3.8, 4) is 0 Å². The highest BCUT2D eigenvalue weighted by molar-refractivity contribution is 6.06. The second-order valence-electron chi connectivity index (χ2n) is 7.69. The Morgan fingerprint density at radius 1 is 0.857 bits per heavy atom. The van der Waals surface area contributed by atoms with Gasteiger partial charge in [-0.25, -0.2) is 0 Å². The Kier molecular flexibility index (Phi) is 9.39. The molecule has 0 atom stereocenters. The van der Waals surface area contributed by atoms with Gasteiger partial charge in [0, 0.05) is 48.4 Å². The molecule has 0 bridgehead atoms. The number of rotatable bonds is 11. The average molecular weight is 475 g/mol. The molecule has 0 saturated carbocycles. The molecule has 0 spiro atoms. The Morgan fingerprint density at radius 2 is 1.60 bits per heavy atom. The van der Waals surface area contributed by atoms with Crippen molar-refractivity contribution < 1.29 is 19.1 Å². The van der Waals surface area contributed by atoms with Gasteiger partial charge in [-0.05, 0) is 61.5 Å². The Morgan fingerprint density at radius 3 is 2.29 bits per heavy atom. The number of hydrogen-bond acceptors (Lipinski definition) is 5. The van der Waals surface area contributed by atoms with Crippen LogP contribution >= 0.6 is 0 Å². The molecule has 3 aromatic carbocycles. The topological polar surface area (TPSA) is 99.8 Å². The summed E-state index contributed by atoms with van der Waals surface area (Å²) in [6.45, 7) is 3.35. The first kappa shape index (κ1) is 25.5. The van der Waals surface area contributed by atoms with Crippen LogP contribution in [0.3, 0.4) is 0 Å². The van der Waals surface area contributed by atoms with Gasteiger partial charge in [-0.2, -0.15) is 0 Å². The van der Waals surface area contributed by atoms with Crippen molar-refractivity contribution in [2.45, 2.75) is 6.92 Å². The largest absolute Gasteiger partial charge is 0.383 e. The van der Waals surface area contributed by atoms with Gasteiger partial charge in [0.15, 0.2) is 0 Å². The maximum Gasteiger partial charge on any atom is 0.258 e. The molecule has 0 fully saturated rings. The van der Waals surface area contributed by atoms with E-state index in [0.29, 0.717) is 42.2 Å². The highest BCUT2D eigenvalue weighted by atomic mass is 16.5. The molecule has 182 valence electrons. The number of methoxy groups -OCH3 is 1. The summed E-state index contributed by atoms with van der Waals surface area (Å²) in [6, 6.07) is 23.2. The molecule has 3 aromatic rings. The molecular weight excluding hydrogens is 444 g/mol. The fourth-order valence-electron chi connectivity index (χ4n) is 3.43. The van der Waals surface area contributed by atoms with E-state index < -0.39 is 0 Å². The van der Waals surface area contributed by atoms with E-state index in [1.807, 2.05) is 37.3 Å². The van der Waals surface area contributed by atoms with E-state index in [1.165, 1.54) is 0 Å². The monoisotopic (exact) mass is 474 g/mol. The predicted octanol–water partition coefficient (Wildman–Crippen LogP) is 3.78. The summed E-state index contributed by atoms with van der Waals surface area (Å²) in [5.41, 5.74) is 3.09. The first-order valence-electron chi connectivity index (χ1n) is 11.4.